The molecule has 2 heterocycles. The molecule has 1 N–H and O–H groups in total. The number of amides is 1. The molecule has 0 aliphatic heterocycles. The number of carbonyl (C=O) groups excluding carboxylic acids is 1. The fourth-order valence-electron chi connectivity index (χ4n) is 2.81. The Hall–Kier alpha value is -2.57. The van der Waals surface area contributed by atoms with E-state index >= 15 is 0 Å². The molecule has 0 aliphatic carbocycles. The third-order valence-corrected chi connectivity index (χ3v) is 5.98. The molecule has 1 amide bonds. The maximum Gasteiger partial charge on any atom is 0.345 e. The molecule has 0 aliphatic rings. The highest BCUT2D eigenvalue weighted by Crippen LogP contribution is 2.31. The molecule has 0 unspecified atom stereocenters. The van der Waals surface area contributed by atoms with Crippen LogP contribution in [0.1, 0.15) is 15.2 Å². The smallest absolute Gasteiger partial charge is 0.345 e. The Labute approximate surface area is 157 Å². The molecule has 2 aromatic carbocycles. The standard InChI is InChI=1S/C20H15NO3S2/c1-11-6-7-16-14(8-11)18-15(20(23)24-16)10-17(26-18)19(22)21-12-4-3-5-13(9-12)25-2/h3-10H,1-2H3,(H,21,22). The first-order valence-corrected chi connectivity index (χ1v) is 10.0. The topological polar surface area (TPSA) is 59.3 Å². The molecule has 4 rings (SSSR count). The lowest BCUT2D eigenvalue weighted by atomic mass is 10.1. The van der Waals surface area contributed by atoms with Crippen LogP contribution in [0.25, 0.3) is 21.1 Å². The summed E-state index contributed by atoms with van der Waals surface area (Å²) in [6.45, 7) is 1.98. The minimum absolute atomic E-state index is 0.232. The number of hydrogen-bond donors (Lipinski definition) is 1. The second-order valence-electron chi connectivity index (χ2n) is 5.93. The summed E-state index contributed by atoms with van der Waals surface area (Å²) in [6, 6.07) is 14.9. The van der Waals surface area contributed by atoms with Crippen molar-refractivity contribution >= 4 is 55.7 Å². The van der Waals surface area contributed by atoms with E-state index in [9.17, 15) is 9.59 Å². The average Bonchev–Trinajstić information content (AvgIpc) is 3.09. The van der Waals surface area contributed by atoms with Crippen LogP contribution in [0.15, 0.2) is 62.6 Å². The van der Waals surface area contributed by atoms with E-state index in [0.717, 1.165) is 26.2 Å². The Balaban J connectivity index is 1.78. The van der Waals surface area contributed by atoms with Gasteiger partial charge in [0.1, 0.15) is 5.58 Å². The van der Waals surface area contributed by atoms with Crippen LogP contribution in [-0.2, 0) is 0 Å². The Morgan fingerprint density at radius 2 is 1.96 bits per heavy atom. The third-order valence-electron chi connectivity index (χ3n) is 4.09. The van der Waals surface area contributed by atoms with Crippen molar-refractivity contribution in [2.75, 3.05) is 11.6 Å². The summed E-state index contributed by atoms with van der Waals surface area (Å²) in [4.78, 5) is 26.5. The number of benzene rings is 2. The van der Waals surface area contributed by atoms with Crippen LogP contribution < -0.4 is 10.9 Å². The number of anilines is 1. The highest BCUT2D eigenvalue weighted by molar-refractivity contribution is 7.98. The molecule has 4 nitrogen and oxygen atoms in total. The molecule has 0 spiro atoms. The highest BCUT2D eigenvalue weighted by Gasteiger charge is 2.16. The van der Waals surface area contributed by atoms with Crippen LogP contribution in [-0.4, -0.2) is 12.2 Å². The highest BCUT2D eigenvalue weighted by atomic mass is 32.2. The van der Waals surface area contributed by atoms with Crippen molar-refractivity contribution in [2.45, 2.75) is 11.8 Å². The van der Waals surface area contributed by atoms with Gasteiger partial charge < -0.3 is 9.73 Å². The maximum absolute atomic E-state index is 12.7. The van der Waals surface area contributed by atoms with E-state index in [2.05, 4.69) is 5.32 Å². The van der Waals surface area contributed by atoms with Crippen LogP contribution >= 0.6 is 23.1 Å². The zero-order chi connectivity index (χ0) is 18.3. The Morgan fingerprint density at radius 3 is 2.77 bits per heavy atom. The normalized spacial score (nSPS) is 11.2. The lowest BCUT2D eigenvalue weighted by Crippen LogP contribution is -2.10. The van der Waals surface area contributed by atoms with Crippen molar-refractivity contribution < 1.29 is 9.21 Å². The Bertz CT molecular complexity index is 1210. The van der Waals surface area contributed by atoms with Gasteiger partial charge in [0, 0.05) is 16.0 Å². The quantitative estimate of drug-likeness (QED) is 0.387. The van der Waals surface area contributed by atoms with Gasteiger partial charge in [0.2, 0.25) is 0 Å². The molecule has 0 bridgehead atoms. The minimum atomic E-state index is -0.420. The van der Waals surface area contributed by atoms with Crippen LogP contribution in [0, 0.1) is 6.92 Å². The molecule has 6 heteroatoms. The summed E-state index contributed by atoms with van der Waals surface area (Å²) in [7, 11) is 0. The number of nitrogens with one attached hydrogen (secondary N) is 1. The lowest BCUT2D eigenvalue weighted by molar-refractivity contribution is 0.103. The van der Waals surface area contributed by atoms with Gasteiger partial charge in [-0.3, -0.25) is 4.79 Å². The number of thiophene rings is 1. The van der Waals surface area contributed by atoms with Crippen LogP contribution in [0.5, 0.6) is 0 Å². The molecule has 2 aromatic heterocycles. The summed E-state index contributed by atoms with van der Waals surface area (Å²) in [5, 5.41) is 4.19. The second kappa shape index (κ2) is 6.63. The third kappa shape index (κ3) is 3.02. The summed E-state index contributed by atoms with van der Waals surface area (Å²) in [5.41, 5.74) is 1.92. The van der Waals surface area contributed by atoms with E-state index in [4.69, 9.17) is 4.42 Å². The van der Waals surface area contributed by atoms with Gasteiger partial charge in [0.15, 0.2) is 0 Å². The predicted octanol–water partition coefficient (Wildman–Crippen LogP) is 5.29. The van der Waals surface area contributed by atoms with Crippen molar-refractivity contribution in [3.63, 3.8) is 0 Å². The van der Waals surface area contributed by atoms with E-state index in [1.165, 1.54) is 11.3 Å². The first kappa shape index (κ1) is 16.9. The molecule has 0 saturated carbocycles. The first-order chi connectivity index (χ1) is 12.5. The van der Waals surface area contributed by atoms with Crippen molar-refractivity contribution in [1.29, 1.82) is 0 Å². The molecule has 0 radical (unpaired) electrons. The van der Waals surface area contributed by atoms with Crippen LogP contribution in [0.4, 0.5) is 5.69 Å². The monoisotopic (exact) mass is 381 g/mol. The van der Waals surface area contributed by atoms with E-state index in [0.29, 0.717) is 15.8 Å². The molecular weight excluding hydrogens is 366 g/mol. The van der Waals surface area contributed by atoms with Crippen LogP contribution in [0.3, 0.4) is 0 Å². The van der Waals surface area contributed by atoms with Crippen molar-refractivity contribution in [3.05, 3.63) is 69.4 Å². The first-order valence-electron chi connectivity index (χ1n) is 7.97. The summed E-state index contributed by atoms with van der Waals surface area (Å²) >= 11 is 2.92. The number of carbonyl (C=O) groups is 1. The average molecular weight is 381 g/mol. The number of rotatable bonds is 3. The van der Waals surface area contributed by atoms with Gasteiger partial charge in [-0.2, -0.15) is 0 Å². The van der Waals surface area contributed by atoms with Gasteiger partial charge in [0.25, 0.3) is 5.91 Å². The van der Waals surface area contributed by atoms with E-state index in [1.54, 1.807) is 23.9 Å². The number of thioether (sulfide) groups is 1. The number of fused-ring (bicyclic) bond motifs is 3. The minimum Gasteiger partial charge on any atom is -0.422 e. The van der Waals surface area contributed by atoms with Crippen LogP contribution in [0.2, 0.25) is 0 Å². The fraction of sp³-hybridized carbons (Fsp3) is 0.100. The molecule has 0 fully saturated rings. The Kier molecular flexibility index (Phi) is 4.30. The maximum atomic E-state index is 12.7. The van der Waals surface area contributed by atoms with Gasteiger partial charge in [-0.05, 0) is 49.6 Å². The lowest BCUT2D eigenvalue weighted by Gasteiger charge is -2.04. The second-order valence-corrected chi connectivity index (χ2v) is 7.86. The predicted molar refractivity (Wildman–Crippen MR) is 109 cm³/mol. The van der Waals surface area contributed by atoms with Gasteiger partial charge >= 0.3 is 5.63 Å². The largest absolute Gasteiger partial charge is 0.422 e. The summed E-state index contributed by atoms with van der Waals surface area (Å²) < 4.78 is 6.17. The van der Waals surface area contributed by atoms with Crippen molar-refractivity contribution in [1.82, 2.24) is 0 Å². The molecule has 0 saturated heterocycles. The van der Waals surface area contributed by atoms with Crippen molar-refractivity contribution in [2.24, 2.45) is 0 Å². The van der Waals surface area contributed by atoms with E-state index in [1.807, 2.05) is 49.6 Å². The van der Waals surface area contributed by atoms with Gasteiger partial charge in [-0.1, -0.05) is 17.7 Å². The van der Waals surface area contributed by atoms with E-state index in [-0.39, 0.29) is 5.91 Å². The van der Waals surface area contributed by atoms with Gasteiger partial charge in [-0.15, -0.1) is 23.1 Å². The molecule has 0 atom stereocenters. The Morgan fingerprint density at radius 1 is 1.12 bits per heavy atom. The van der Waals surface area contributed by atoms with Gasteiger partial charge in [0.05, 0.1) is 15.0 Å². The molecule has 4 aromatic rings. The molecular formula is C20H15NO3S2. The zero-order valence-electron chi connectivity index (χ0n) is 14.2. The SMILES string of the molecule is CSc1cccc(NC(=O)c2cc3c(=O)oc4ccc(C)cc4c3s2)c1. The number of hydrogen-bond acceptors (Lipinski definition) is 5. The molecule has 130 valence electrons. The fourth-order valence-corrected chi connectivity index (χ4v) is 4.33. The summed E-state index contributed by atoms with van der Waals surface area (Å²) in [6.07, 6.45) is 1.99. The zero-order valence-corrected chi connectivity index (χ0v) is 15.8. The number of aryl methyl sites for hydroxylation is 1. The molecule has 26 heavy (non-hydrogen) atoms. The summed E-state index contributed by atoms with van der Waals surface area (Å²) in [5.74, 6) is -0.232. The van der Waals surface area contributed by atoms with Crippen molar-refractivity contribution in [3.8, 4) is 0 Å². The van der Waals surface area contributed by atoms with E-state index < -0.39 is 5.63 Å². The van der Waals surface area contributed by atoms with Gasteiger partial charge in [-0.25, -0.2) is 4.79 Å².